The number of amides is 2. The van der Waals surface area contributed by atoms with Gasteiger partial charge in [0.15, 0.2) is 0 Å². The molecule has 0 aliphatic heterocycles. The second-order valence-corrected chi connectivity index (χ2v) is 5.29. The third-order valence-corrected chi connectivity index (χ3v) is 2.91. The molecule has 1 aromatic rings. The van der Waals surface area contributed by atoms with Crippen molar-refractivity contribution in [2.24, 2.45) is 0 Å². The molecule has 2 amide bonds. The minimum absolute atomic E-state index is 0.0255. The number of aliphatic hydroxyl groups excluding tert-OH is 1. The molecular formula is C15H25N3O2. The summed E-state index contributed by atoms with van der Waals surface area (Å²) in [5.41, 5.74) is 2.32. The maximum absolute atomic E-state index is 11.6. The summed E-state index contributed by atoms with van der Waals surface area (Å²) in [6.45, 7) is 3.35. The molecule has 5 nitrogen and oxygen atoms in total. The van der Waals surface area contributed by atoms with Gasteiger partial charge in [0.1, 0.15) is 0 Å². The van der Waals surface area contributed by atoms with Crippen LogP contribution in [0.3, 0.4) is 0 Å². The highest BCUT2D eigenvalue weighted by Gasteiger charge is 2.05. The average Bonchev–Trinajstić information content (AvgIpc) is 2.37. The zero-order valence-corrected chi connectivity index (χ0v) is 12.5. The lowest BCUT2D eigenvalue weighted by molar-refractivity contribution is 0.230. The van der Waals surface area contributed by atoms with E-state index in [0.29, 0.717) is 13.0 Å². The first kappa shape index (κ1) is 16.5. The van der Waals surface area contributed by atoms with Crippen molar-refractivity contribution in [2.45, 2.75) is 32.5 Å². The number of nitrogens with zero attached hydrogens (tertiary/aromatic N) is 1. The number of carbonyl (C=O) groups is 1. The zero-order chi connectivity index (χ0) is 15.0. The number of nitrogens with one attached hydrogen (secondary N) is 2. The largest absolute Gasteiger partial charge is 0.396 e. The van der Waals surface area contributed by atoms with Crippen LogP contribution in [0.25, 0.3) is 0 Å². The molecule has 0 aromatic heterocycles. The van der Waals surface area contributed by atoms with E-state index in [9.17, 15) is 4.79 Å². The van der Waals surface area contributed by atoms with Crippen molar-refractivity contribution in [3.8, 4) is 0 Å². The van der Waals surface area contributed by atoms with Crippen LogP contribution in [0.15, 0.2) is 24.3 Å². The Morgan fingerprint density at radius 3 is 2.40 bits per heavy atom. The summed E-state index contributed by atoms with van der Waals surface area (Å²) in [5.74, 6) is 0. The normalized spacial score (nSPS) is 12.2. The molecule has 1 atom stereocenters. The minimum Gasteiger partial charge on any atom is -0.396 e. The van der Waals surface area contributed by atoms with Gasteiger partial charge in [-0.2, -0.15) is 0 Å². The molecule has 1 rings (SSSR count). The van der Waals surface area contributed by atoms with E-state index in [0.717, 1.165) is 12.1 Å². The van der Waals surface area contributed by atoms with Gasteiger partial charge >= 0.3 is 6.03 Å². The van der Waals surface area contributed by atoms with Gasteiger partial charge in [0.25, 0.3) is 0 Å². The molecule has 0 spiro atoms. The van der Waals surface area contributed by atoms with Crippen molar-refractivity contribution in [3.05, 3.63) is 35.4 Å². The predicted octanol–water partition coefficient (Wildman–Crippen LogP) is 1.32. The van der Waals surface area contributed by atoms with Crippen LogP contribution in [0.4, 0.5) is 4.79 Å². The Hall–Kier alpha value is -1.59. The highest BCUT2D eigenvalue weighted by atomic mass is 16.3. The highest BCUT2D eigenvalue weighted by molar-refractivity contribution is 5.74. The number of hydrogen-bond acceptors (Lipinski definition) is 3. The Balaban J connectivity index is 2.36. The molecule has 0 bridgehead atoms. The van der Waals surface area contributed by atoms with E-state index in [1.807, 2.05) is 33.2 Å². The third kappa shape index (κ3) is 6.54. The van der Waals surface area contributed by atoms with Crippen molar-refractivity contribution in [3.63, 3.8) is 0 Å². The van der Waals surface area contributed by atoms with E-state index in [1.54, 1.807) is 0 Å². The number of rotatable bonds is 7. The van der Waals surface area contributed by atoms with E-state index >= 15 is 0 Å². The SMILES string of the molecule is C[C@H](CCO)NC(=O)NCc1ccc(CN(C)C)cc1. The summed E-state index contributed by atoms with van der Waals surface area (Å²) in [6.07, 6.45) is 0.562. The van der Waals surface area contributed by atoms with Crippen molar-refractivity contribution in [1.29, 1.82) is 0 Å². The standard InChI is InChI=1S/C15H25N3O2/c1-12(8-9-19)17-15(20)16-10-13-4-6-14(7-5-13)11-18(2)3/h4-7,12,19H,8-11H2,1-3H3,(H2,16,17,20)/t12-/m1/s1. The molecule has 0 heterocycles. The molecule has 1 aromatic carbocycles. The lowest BCUT2D eigenvalue weighted by Crippen LogP contribution is -2.40. The number of hydrogen-bond donors (Lipinski definition) is 3. The summed E-state index contributed by atoms with van der Waals surface area (Å²) in [5, 5.41) is 14.3. The zero-order valence-electron chi connectivity index (χ0n) is 12.5. The Morgan fingerprint density at radius 2 is 1.85 bits per heavy atom. The van der Waals surface area contributed by atoms with E-state index in [2.05, 4.69) is 27.7 Å². The van der Waals surface area contributed by atoms with Gasteiger partial charge < -0.3 is 20.6 Å². The van der Waals surface area contributed by atoms with Gasteiger partial charge in [0.05, 0.1) is 0 Å². The highest BCUT2D eigenvalue weighted by Crippen LogP contribution is 2.05. The van der Waals surface area contributed by atoms with Crippen molar-refractivity contribution < 1.29 is 9.90 Å². The van der Waals surface area contributed by atoms with Crippen molar-refractivity contribution >= 4 is 6.03 Å². The van der Waals surface area contributed by atoms with Gasteiger partial charge in [-0.05, 0) is 38.6 Å². The van der Waals surface area contributed by atoms with Crippen LogP contribution in [0.2, 0.25) is 0 Å². The second-order valence-electron chi connectivity index (χ2n) is 5.29. The molecule has 0 saturated heterocycles. The van der Waals surface area contributed by atoms with Crippen LogP contribution < -0.4 is 10.6 Å². The molecule has 0 aliphatic rings. The first-order valence-corrected chi connectivity index (χ1v) is 6.89. The molecule has 0 aliphatic carbocycles. The minimum atomic E-state index is -0.205. The monoisotopic (exact) mass is 279 g/mol. The van der Waals surface area contributed by atoms with Crippen LogP contribution in [0.1, 0.15) is 24.5 Å². The molecule has 0 saturated carbocycles. The molecule has 20 heavy (non-hydrogen) atoms. The summed E-state index contributed by atoms with van der Waals surface area (Å²) in [4.78, 5) is 13.7. The summed E-state index contributed by atoms with van der Waals surface area (Å²) < 4.78 is 0. The first-order valence-electron chi connectivity index (χ1n) is 6.89. The molecule has 0 fully saturated rings. The van der Waals surface area contributed by atoms with Gasteiger partial charge in [0, 0.05) is 25.7 Å². The Morgan fingerprint density at radius 1 is 1.25 bits per heavy atom. The quantitative estimate of drug-likeness (QED) is 0.705. The van der Waals surface area contributed by atoms with E-state index < -0.39 is 0 Å². The number of aliphatic hydroxyl groups is 1. The van der Waals surface area contributed by atoms with Crippen LogP contribution >= 0.6 is 0 Å². The second kappa shape index (κ2) is 8.55. The fourth-order valence-electron chi connectivity index (χ4n) is 1.85. The predicted molar refractivity (Wildman–Crippen MR) is 80.4 cm³/mol. The van der Waals surface area contributed by atoms with Gasteiger partial charge in [-0.15, -0.1) is 0 Å². The summed E-state index contributed by atoms with van der Waals surface area (Å²) >= 11 is 0. The topological polar surface area (TPSA) is 64.6 Å². The summed E-state index contributed by atoms with van der Waals surface area (Å²) in [7, 11) is 4.07. The van der Waals surface area contributed by atoms with Crippen LogP contribution in [-0.2, 0) is 13.1 Å². The van der Waals surface area contributed by atoms with E-state index in [-0.39, 0.29) is 18.7 Å². The van der Waals surface area contributed by atoms with Crippen molar-refractivity contribution in [2.75, 3.05) is 20.7 Å². The lowest BCUT2D eigenvalue weighted by atomic mass is 10.1. The van der Waals surface area contributed by atoms with Crippen LogP contribution in [0, 0.1) is 0 Å². The molecular weight excluding hydrogens is 254 g/mol. The van der Waals surface area contributed by atoms with Gasteiger partial charge in [0.2, 0.25) is 0 Å². The molecule has 0 unspecified atom stereocenters. The fraction of sp³-hybridized carbons (Fsp3) is 0.533. The molecule has 112 valence electrons. The van der Waals surface area contributed by atoms with E-state index in [1.165, 1.54) is 5.56 Å². The molecule has 3 N–H and O–H groups in total. The average molecular weight is 279 g/mol. The number of urea groups is 1. The smallest absolute Gasteiger partial charge is 0.315 e. The third-order valence-electron chi connectivity index (χ3n) is 2.91. The Bertz CT molecular complexity index is 404. The van der Waals surface area contributed by atoms with Gasteiger partial charge in [-0.3, -0.25) is 0 Å². The molecule has 0 radical (unpaired) electrons. The van der Waals surface area contributed by atoms with E-state index in [4.69, 9.17) is 5.11 Å². The Kier molecular flexibility index (Phi) is 7.04. The molecule has 5 heteroatoms. The van der Waals surface area contributed by atoms with Gasteiger partial charge in [-0.25, -0.2) is 4.79 Å². The van der Waals surface area contributed by atoms with Crippen molar-refractivity contribution in [1.82, 2.24) is 15.5 Å². The van der Waals surface area contributed by atoms with Gasteiger partial charge in [-0.1, -0.05) is 24.3 Å². The fourth-order valence-corrected chi connectivity index (χ4v) is 1.85. The maximum atomic E-state index is 11.6. The number of carbonyl (C=O) groups excluding carboxylic acids is 1. The lowest BCUT2D eigenvalue weighted by Gasteiger charge is -2.14. The number of benzene rings is 1. The van der Waals surface area contributed by atoms with Crippen LogP contribution in [0.5, 0.6) is 0 Å². The Labute approximate surface area is 121 Å². The maximum Gasteiger partial charge on any atom is 0.315 e. The van der Waals surface area contributed by atoms with Crippen LogP contribution in [-0.4, -0.2) is 42.8 Å². The first-order chi connectivity index (χ1) is 9.51. The summed E-state index contributed by atoms with van der Waals surface area (Å²) in [6, 6.07) is 7.96.